The first-order chi connectivity index (χ1) is 11.1. The summed E-state index contributed by atoms with van der Waals surface area (Å²) in [7, 11) is 0. The van der Waals surface area contributed by atoms with Crippen LogP contribution in [-0.4, -0.2) is 11.6 Å². The Morgan fingerprint density at radius 2 is 1.65 bits per heavy atom. The molecule has 0 aliphatic heterocycles. The van der Waals surface area contributed by atoms with Gasteiger partial charge in [0.1, 0.15) is 0 Å². The van der Waals surface area contributed by atoms with E-state index in [2.05, 4.69) is 30.4 Å². The predicted octanol–water partition coefficient (Wildman–Crippen LogP) is 5.82. The molecule has 0 atom stereocenters. The van der Waals surface area contributed by atoms with Gasteiger partial charge in [0, 0.05) is 11.3 Å². The Kier molecular flexibility index (Phi) is 10.6. The second kappa shape index (κ2) is 12.3. The fourth-order valence-electron chi connectivity index (χ4n) is 2.48. The average Bonchev–Trinajstić information content (AvgIpc) is 2.97. The molecule has 1 heterocycles. The minimum Gasteiger partial charge on any atom is -0.273 e. The molecule has 1 N–H and O–H groups in total. The Morgan fingerprint density at radius 3 is 2.22 bits per heavy atom. The Labute approximate surface area is 145 Å². The zero-order valence-corrected chi connectivity index (χ0v) is 15.8. The molecule has 1 amide bonds. The number of amides is 1. The summed E-state index contributed by atoms with van der Waals surface area (Å²) < 4.78 is 0. The fourth-order valence-corrected chi connectivity index (χ4v) is 3.29. The van der Waals surface area contributed by atoms with Gasteiger partial charge in [-0.3, -0.25) is 4.79 Å². The van der Waals surface area contributed by atoms with Gasteiger partial charge in [-0.15, -0.1) is 11.3 Å². The van der Waals surface area contributed by atoms with Gasteiger partial charge in [0.2, 0.25) is 5.91 Å². The van der Waals surface area contributed by atoms with Crippen molar-refractivity contribution in [3.8, 4) is 0 Å². The highest BCUT2D eigenvalue weighted by Gasteiger charge is 2.03. The molecular formula is C19H32N2OS. The van der Waals surface area contributed by atoms with E-state index in [0.717, 1.165) is 23.4 Å². The zero-order valence-electron chi connectivity index (χ0n) is 15.0. The summed E-state index contributed by atoms with van der Waals surface area (Å²) in [4.78, 5) is 14.2. The second-order valence-corrected chi connectivity index (χ2v) is 7.51. The van der Waals surface area contributed by atoms with Gasteiger partial charge < -0.3 is 0 Å². The van der Waals surface area contributed by atoms with E-state index in [1.165, 1.54) is 49.8 Å². The van der Waals surface area contributed by atoms with Crippen molar-refractivity contribution in [2.75, 3.05) is 0 Å². The van der Waals surface area contributed by atoms with E-state index in [9.17, 15) is 4.79 Å². The molecule has 0 aliphatic carbocycles. The van der Waals surface area contributed by atoms with Gasteiger partial charge in [0.25, 0.3) is 0 Å². The third kappa shape index (κ3) is 9.54. The highest BCUT2D eigenvalue weighted by Crippen LogP contribution is 2.15. The lowest BCUT2D eigenvalue weighted by Crippen LogP contribution is -2.18. The molecule has 1 rings (SSSR count). The number of carbonyl (C=O) groups is 1. The SMILES string of the molecule is CCCCCCCCCCCC(=O)NN=C(C)c1ccc(C)s1. The van der Waals surface area contributed by atoms with E-state index < -0.39 is 0 Å². The molecule has 0 fully saturated rings. The number of hydrogen-bond acceptors (Lipinski definition) is 3. The van der Waals surface area contributed by atoms with E-state index in [4.69, 9.17) is 0 Å². The first-order valence-corrected chi connectivity index (χ1v) is 9.85. The molecule has 0 saturated carbocycles. The number of thiophene rings is 1. The Morgan fingerprint density at radius 1 is 1.04 bits per heavy atom. The zero-order chi connectivity index (χ0) is 16.9. The van der Waals surface area contributed by atoms with Gasteiger partial charge in [-0.1, -0.05) is 58.3 Å². The lowest BCUT2D eigenvalue weighted by Gasteiger charge is -2.03. The first kappa shape index (κ1) is 19.9. The average molecular weight is 337 g/mol. The van der Waals surface area contributed by atoms with Gasteiger partial charge in [0.15, 0.2) is 0 Å². The molecule has 1 aromatic rings. The van der Waals surface area contributed by atoms with Gasteiger partial charge in [-0.2, -0.15) is 5.10 Å². The smallest absolute Gasteiger partial charge is 0.240 e. The van der Waals surface area contributed by atoms with Crippen LogP contribution in [0.4, 0.5) is 0 Å². The van der Waals surface area contributed by atoms with E-state index in [0.29, 0.717) is 6.42 Å². The van der Waals surface area contributed by atoms with Crippen LogP contribution in [-0.2, 0) is 4.79 Å². The maximum absolute atomic E-state index is 11.8. The molecule has 3 nitrogen and oxygen atoms in total. The number of carbonyl (C=O) groups excluding carboxylic acids is 1. The van der Waals surface area contributed by atoms with Crippen molar-refractivity contribution < 1.29 is 4.79 Å². The van der Waals surface area contributed by atoms with Crippen molar-refractivity contribution in [1.82, 2.24) is 5.43 Å². The summed E-state index contributed by atoms with van der Waals surface area (Å²) >= 11 is 1.70. The molecule has 1 aromatic heterocycles. The third-order valence-corrected chi connectivity index (χ3v) is 5.06. The molecule has 0 aromatic carbocycles. The Hall–Kier alpha value is -1.16. The molecule has 0 unspecified atom stereocenters. The third-order valence-electron chi connectivity index (χ3n) is 3.95. The minimum absolute atomic E-state index is 0.0283. The van der Waals surface area contributed by atoms with Crippen LogP contribution in [0.2, 0.25) is 0 Å². The number of nitrogens with zero attached hydrogens (tertiary/aromatic N) is 1. The number of unbranched alkanes of at least 4 members (excludes halogenated alkanes) is 8. The topological polar surface area (TPSA) is 41.5 Å². The molecule has 130 valence electrons. The van der Waals surface area contributed by atoms with Crippen molar-refractivity contribution in [2.45, 2.75) is 85.0 Å². The van der Waals surface area contributed by atoms with Crippen molar-refractivity contribution in [3.63, 3.8) is 0 Å². The number of rotatable bonds is 12. The molecule has 0 bridgehead atoms. The molecular weight excluding hydrogens is 304 g/mol. The highest BCUT2D eigenvalue weighted by molar-refractivity contribution is 7.14. The van der Waals surface area contributed by atoms with Crippen LogP contribution in [0.25, 0.3) is 0 Å². The van der Waals surface area contributed by atoms with Crippen LogP contribution in [0.3, 0.4) is 0 Å². The normalized spacial score (nSPS) is 11.7. The van der Waals surface area contributed by atoms with Gasteiger partial charge in [-0.05, 0) is 32.4 Å². The lowest BCUT2D eigenvalue weighted by molar-refractivity contribution is -0.121. The van der Waals surface area contributed by atoms with Crippen LogP contribution in [0.1, 0.15) is 87.8 Å². The van der Waals surface area contributed by atoms with Crippen LogP contribution in [0.5, 0.6) is 0 Å². The second-order valence-electron chi connectivity index (χ2n) is 6.22. The van der Waals surface area contributed by atoms with Crippen molar-refractivity contribution in [3.05, 3.63) is 21.9 Å². The predicted molar refractivity (Wildman–Crippen MR) is 101 cm³/mol. The standard InChI is InChI=1S/C19H32N2OS/c1-4-5-6-7-8-9-10-11-12-13-19(22)21-20-17(3)18-15-14-16(2)23-18/h14-15H,4-13H2,1-3H3,(H,21,22). The largest absolute Gasteiger partial charge is 0.273 e. The van der Waals surface area contributed by atoms with Crippen molar-refractivity contribution in [2.24, 2.45) is 5.10 Å². The Bertz CT molecular complexity index is 479. The van der Waals surface area contributed by atoms with E-state index in [1.54, 1.807) is 11.3 Å². The maximum Gasteiger partial charge on any atom is 0.240 e. The molecule has 4 heteroatoms. The van der Waals surface area contributed by atoms with Crippen molar-refractivity contribution >= 4 is 23.0 Å². The van der Waals surface area contributed by atoms with Crippen LogP contribution in [0.15, 0.2) is 17.2 Å². The van der Waals surface area contributed by atoms with E-state index >= 15 is 0 Å². The molecule has 0 spiro atoms. The molecule has 0 saturated heterocycles. The monoisotopic (exact) mass is 336 g/mol. The Balaban J connectivity index is 2.04. The maximum atomic E-state index is 11.8. The number of nitrogens with one attached hydrogen (secondary N) is 1. The summed E-state index contributed by atoms with van der Waals surface area (Å²) in [6.07, 6.45) is 12.0. The summed E-state index contributed by atoms with van der Waals surface area (Å²) in [5.41, 5.74) is 3.55. The van der Waals surface area contributed by atoms with Gasteiger partial charge in [-0.25, -0.2) is 5.43 Å². The van der Waals surface area contributed by atoms with Crippen molar-refractivity contribution in [1.29, 1.82) is 0 Å². The summed E-state index contributed by atoms with van der Waals surface area (Å²) in [6, 6.07) is 4.12. The van der Waals surface area contributed by atoms with E-state index in [1.807, 2.05) is 13.0 Å². The highest BCUT2D eigenvalue weighted by atomic mass is 32.1. The summed E-state index contributed by atoms with van der Waals surface area (Å²) in [6.45, 7) is 6.26. The van der Waals surface area contributed by atoms with Gasteiger partial charge in [0.05, 0.1) is 10.6 Å². The number of aryl methyl sites for hydroxylation is 1. The number of hydrazone groups is 1. The minimum atomic E-state index is 0.0283. The molecule has 0 radical (unpaired) electrons. The summed E-state index contributed by atoms with van der Waals surface area (Å²) in [5, 5.41) is 4.19. The first-order valence-electron chi connectivity index (χ1n) is 9.03. The van der Waals surface area contributed by atoms with E-state index in [-0.39, 0.29) is 5.91 Å². The number of hydrogen-bond donors (Lipinski definition) is 1. The van der Waals surface area contributed by atoms with Crippen LogP contribution >= 0.6 is 11.3 Å². The fraction of sp³-hybridized carbons (Fsp3) is 0.684. The van der Waals surface area contributed by atoms with Gasteiger partial charge >= 0.3 is 0 Å². The van der Waals surface area contributed by atoms with Crippen LogP contribution in [0, 0.1) is 6.92 Å². The molecule has 23 heavy (non-hydrogen) atoms. The lowest BCUT2D eigenvalue weighted by atomic mass is 10.1. The quantitative estimate of drug-likeness (QED) is 0.292. The summed E-state index contributed by atoms with van der Waals surface area (Å²) in [5.74, 6) is 0.0283. The molecule has 0 aliphatic rings. The van der Waals surface area contributed by atoms with Crippen LogP contribution < -0.4 is 5.43 Å².